The maximum atomic E-state index is 9.38. The third kappa shape index (κ3) is 11.6. The summed E-state index contributed by atoms with van der Waals surface area (Å²) in [4.78, 5) is 28.1. The van der Waals surface area contributed by atoms with Gasteiger partial charge in [0.1, 0.15) is 0 Å². The summed E-state index contributed by atoms with van der Waals surface area (Å²) >= 11 is -2.62. The van der Waals surface area contributed by atoms with Gasteiger partial charge in [0.25, 0.3) is 0 Å². The Labute approximate surface area is 74.5 Å². The minimum absolute atomic E-state index is 1.25. The Morgan fingerprint density at radius 3 is 1.58 bits per heavy atom. The van der Waals surface area contributed by atoms with Crippen LogP contribution in [0.4, 0.5) is 0 Å². The Bertz CT molecular complexity index is 312. The molecular formula is C8H8O3Ru. The fourth-order valence-corrected chi connectivity index (χ4v) is 0.398. The molecule has 3 nitrogen and oxygen atoms in total. The monoisotopic (exact) mass is 254 g/mol. The second-order valence-corrected chi connectivity index (χ2v) is 3.61. The molecule has 0 atom stereocenters. The molecule has 12 heavy (non-hydrogen) atoms. The van der Waals surface area contributed by atoms with Crippen LogP contribution in [-0.2, 0) is 29.0 Å². The van der Waals surface area contributed by atoms with Gasteiger partial charge in [0.15, 0.2) is 0 Å². The van der Waals surface area contributed by atoms with Gasteiger partial charge in [0, 0.05) is 0 Å². The van der Waals surface area contributed by atoms with Crippen LogP contribution >= 0.6 is 0 Å². The van der Waals surface area contributed by atoms with Crippen molar-refractivity contribution in [2.45, 2.75) is 6.92 Å². The normalized spacial score (nSPS) is 7.50. The Balaban J connectivity index is 0. The van der Waals surface area contributed by atoms with E-state index in [9.17, 15) is 14.4 Å². The first-order valence-corrected chi connectivity index (χ1v) is 5.40. The zero-order valence-electron chi connectivity index (χ0n) is 6.52. The van der Waals surface area contributed by atoms with Crippen molar-refractivity contribution >= 4 is 13.4 Å². The summed E-state index contributed by atoms with van der Waals surface area (Å²) < 4.78 is 3.74. The van der Waals surface area contributed by atoms with E-state index < -0.39 is 14.6 Å². The van der Waals surface area contributed by atoms with Crippen LogP contribution < -0.4 is 0 Å². The Hall–Kier alpha value is -1.16. The summed E-state index contributed by atoms with van der Waals surface area (Å²) in [6.45, 7) is 5.42. The summed E-state index contributed by atoms with van der Waals surface area (Å²) in [5.41, 5.74) is 0. The van der Waals surface area contributed by atoms with Gasteiger partial charge in [-0.25, -0.2) is 0 Å². The SMILES string of the molecule is C=CC=CC.O=[C]=[Ru](=[C]=O)=[C]=O. The summed E-state index contributed by atoms with van der Waals surface area (Å²) in [5.74, 6) is 0. The summed E-state index contributed by atoms with van der Waals surface area (Å²) in [7, 11) is 0. The van der Waals surface area contributed by atoms with Gasteiger partial charge in [-0.3, -0.25) is 0 Å². The molecule has 0 aromatic rings. The molecule has 0 aliphatic carbocycles. The van der Waals surface area contributed by atoms with Crippen molar-refractivity contribution in [1.82, 2.24) is 0 Å². The quantitative estimate of drug-likeness (QED) is 0.506. The van der Waals surface area contributed by atoms with Crippen LogP contribution in [0, 0.1) is 0 Å². The van der Waals surface area contributed by atoms with Gasteiger partial charge in [-0.1, -0.05) is 24.8 Å². The molecule has 0 rings (SSSR count). The van der Waals surface area contributed by atoms with Crippen molar-refractivity contribution in [3.8, 4) is 0 Å². The summed E-state index contributed by atoms with van der Waals surface area (Å²) in [6, 6.07) is 0. The Morgan fingerprint density at radius 1 is 1.17 bits per heavy atom. The van der Waals surface area contributed by atoms with Gasteiger partial charge in [0.2, 0.25) is 0 Å². The third-order valence-electron chi connectivity index (χ3n) is 0.545. The van der Waals surface area contributed by atoms with Crippen LogP contribution in [-0.4, -0.2) is 13.4 Å². The molecular weight excluding hydrogens is 245 g/mol. The molecule has 0 aromatic heterocycles. The Morgan fingerprint density at radius 2 is 1.58 bits per heavy atom. The van der Waals surface area contributed by atoms with E-state index in [-0.39, 0.29) is 0 Å². The van der Waals surface area contributed by atoms with Crippen molar-refractivity contribution in [1.29, 1.82) is 0 Å². The molecule has 0 radical (unpaired) electrons. The van der Waals surface area contributed by atoms with E-state index in [1.807, 2.05) is 19.1 Å². The zero-order valence-corrected chi connectivity index (χ0v) is 8.26. The van der Waals surface area contributed by atoms with Crippen LogP contribution in [0.3, 0.4) is 0 Å². The third-order valence-corrected chi connectivity index (χ3v) is 1.61. The van der Waals surface area contributed by atoms with Gasteiger partial charge < -0.3 is 0 Å². The predicted molar refractivity (Wildman–Crippen MR) is 42.1 cm³/mol. The molecule has 0 saturated carbocycles. The number of carbonyl (C=O) groups excluding carboxylic acids is 3. The fraction of sp³-hybridized carbons (Fsp3) is 0.125. The average molecular weight is 253 g/mol. The molecule has 0 aromatic carbocycles. The first-order valence-electron chi connectivity index (χ1n) is 2.79. The van der Waals surface area contributed by atoms with Crippen LogP contribution in [0.5, 0.6) is 0 Å². The van der Waals surface area contributed by atoms with Crippen molar-refractivity contribution in [3.05, 3.63) is 24.8 Å². The van der Waals surface area contributed by atoms with Crippen LogP contribution in [0.2, 0.25) is 0 Å². The average Bonchev–Trinajstić information content (AvgIpc) is 2.10. The van der Waals surface area contributed by atoms with E-state index in [1.165, 1.54) is 13.4 Å². The van der Waals surface area contributed by atoms with Gasteiger partial charge in [0.05, 0.1) is 0 Å². The fourth-order valence-electron chi connectivity index (χ4n) is 0.180. The number of hydrogen-bond acceptors (Lipinski definition) is 3. The zero-order chi connectivity index (χ0) is 9.82. The molecule has 0 bridgehead atoms. The molecule has 0 unspecified atom stereocenters. The van der Waals surface area contributed by atoms with Crippen molar-refractivity contribution < 1.29 is 29.0 Å². The van der Waals surface area contributed by atoms with Gasteiger partial charge in [-0.05, 0) is 6.92 Å². The second kappa shape index (κ2) is 12.5. The first kappa shape index (κ1) is 13.4. The van der Waals surface area contributed by atoms with E-state index >= 15 is 0 Å². The van der Waals surface area contributed by atoms with E-state index in [4.69, 9.17) is 0 Å². The number of hydrogen-bond donors (Lipinski definition) is 0. The van der Waals surface area contributed by atoms with Crippen LogP contribution in [0.25, 0.3) is 0 Å². The van der Waals surface area contributed by atoms with Crippen molar-refractivity contribution in [2.24, 2.45) is 0 Å². The Kier molecular flexibility index (Phi) is 14.0. The molecule has 0 spiro atoms. The number of allylic oxidation sites excluding steroid dienone is 3. The molecule has 0 amide bonds. The molecule has 0 aliphatic heterocycles. The predicted octanol–water partition coefficient (Wildman–Crippen LogP) is 0.555. The van der Waals surface area contributed by atoms with E-state index in [1.54, 1.807) is 6.08 Å². The van der Waals surface area contributed by atoms with Crippen molar-refractivity contribution in [2.75, 3.05) is 0 Å². The van der Waals surface area contributed by atoms with E-state index in [2.05, 4.69) is 6.58 Å². The summed E-state index contributed by atoms with van der Waals surface area (Å²) in [5, 5.41) is 0. The molecule has 0 fully saturated rings. The molecule has 0 heterocycles. The van der Waals surface area contributed by atoms with E-state index in [0.717, 1.165) is 0 Å². The topological polar surface area (TPSA) is 51.2 Å². The second-order valence-electron chi connectivity index (χ2n) is 1.24. The molecule has 66 valence electrons. The molecule has 0 aliphatic rings. The van der Waals surface area contributed by atoms with E-state index in [0.29, 0.717) is 0 Å². The van der Waals surface area contributed by atoms with Gasteiger partial charge in [-0.15, -0.1) is 0 Å². The number of rotatable bonds is 1. The molecule has 4 heteroatoms. The first-order chi connectivity index (χ1) is 5.76. The van der Waals surface area contributed by atoms with Crippen molar-refractivity contribution in [3.63, 3.8) is 0 Å². The van der Waals surface area contributed by atoms with Gasteiger partial charge >= 0.3 is 42.4 Å². The standard InChI is InChI=1S/C5H8.3CO.Ru/c1-3-5-4-2;3*1-2;/h3-5H,1H2,2H3;;;;. The van der Waals surface area contributed by atoms with Gasteiger partial charge in [-0.2, -0.15) is 0 Å². The molecule has 0 saturated heterocycles. The minimum atomic E-state index is -2.62. The molecule has 0 N–H and O–H groups in total. The summed E-state index contributed by atoms with van der Waals surface area (Å²) in [6.07, 6.45) is 5.58. The van der Waals surface area contributed by atoms with Crippen LogP contribution in [0.15, 0.2) is 24.8 Å². The maximum absolute atomic E-state index is 9.38. The van der Waals surface area contributed by atoms with Crippen LogP contribution in [0.1, 0.15) is 6.92 Å².